The zero-order valence-electron chi connectivity index (χ0n) is 18.0. The molecule has 0 radical (unpaired) electrons. The Kier molecular flexibility index (Phi) is 4.60. The molecule has 5 fully saturated rings. The number of aliphatic hydroxyl groups excluding tert-OH is 1. The van der Waals surface area contributed by atoms with E-state index >= 15 is 0 Å². The molecule has 4 saturated carbocycles. The van der Waals surface area contributed by atoms with Crippen molar-refractivity contribution < 1.29 is 9.90 Å². The monoisotopic (exact) mass is 420 g/mol. The Labute approximate surface area is 183 Å². The minimum atomic E-state index is -0.369. The van der Waals surface area contributed by atoms with E-state index in [2.05, 4.69) is 15.3 Å². The van der Waals surface area contributed by atoms with E-state index in [1.807, 2.05) is 35.0 Å². The van der Waals surface area contributed by atoms with E-state index in [9.17, 15) is 9.90 Å². The topological polar surface area (TPSA) is 70.4 Å². The number of hydrogen-bond donors (Lipinski definition) is 2. The van der Waals surface area contributed by atoms with Gasteiger partial charge >= 0.3 is 0 Å². The highest BCUT2D eigenvalue weighted by molar-refractivity contribution is 5.99. The number of carbonyl (C=O) groups excluding carboxylic acids is 1. The van der Waals surface area contributed by atoms with E-state index in [4.69, 9.17) is 0 Å². The molecule has 164 valence electrons. The van der Waals surface area contributed by atoms with Crippen molar-refractivity contribution in [2.24, 2.45) is 17.8 Å². The van der Waals surface area contributed by atoms with Crippen molar-refractivity contribution in [1.82, 2.24) is 15.1 Å². The first kappa shape index (κ1) is 19.4. The minimum Gasteiger partial charge on any atom is -0.391 e. The van der Waals surface area contributed by atoms with Crippen LogP contribution in [0, 0.1) is 17.8 Å². The molecule has 1 aliphatic heterocycles. The molecule has 7 rings (SSSR count). The number of aromatic nitrogens is 2. The third-order valence-electron chi connectivity index (χ3n) is 8.10. The number of para-hydroxylation sites is 1. The quantitative estimate of drug-likeness (QED) is 0.794. The molecule has 4 aliphatic carbocycles. The van der Waals surface area contributed by atoms with Gasteiger partial charge in [0.25, 0.3) is 5.91 Å². The largest absolute Gasteiger partial charge is 0.391 e. The van der Waals surface area contributed by atoms with Crippen molar-refractivity contribution in [3.8, 4) is 5.69 Å². The van der Waals surface area contributed by atoms with Gasteiger partial charge in [-0.1, -0.05) is 18.2 Å². The summed E-state index contributed by atoms with van der Waals surface area (Å²) < 4.78 is 1.87. The molecule has 1 amide bonds. The van der Waals surface area contributed by atoms with Crippen LogP contribution >= 0.6 is 0 Å². The molecular weight excluding hydrogens is 388 g/mol. The molecule has 2 aromatic rings. The number of nitrogens with one attached hydrogen (secondary N) is 1. The number of aliphatic hydroxyl groups is 1. The van der Waals surface area contributed by atoms with Crippen LogP contribution in [0.3, 0.4) is 0 Å². The summed E-state index contributed by atoms with van der Waals surface area (Å²) in [6, 6.07) is 9.98. The number of anilines is 1. The van der Waals surface area contributed by atoms with Crippen molar-refractivity contribution in [3.05, 3.63) is 42.1 Å². The van der Waals surface area contributed by atoms with E-state index < -0.39 is 0 Å². The highest BCUT2D eigenvalue weighted by atomic mass is 16.3. The fourth-order valence-electron chi connectivity index (χ4n) is 7.28. The predicted molar refractivity (Wildman–Crippen MR) is 119 cm³/mol. The number of carbonyl (C=O) groups is 1. The summed E-state index contributed by atoms with van der Waals surface area (Å²) >= 11 is 0. The Morgan fingerprint density at radius 2 is 1.74 bits per heavy atom. The highest BCUT2D eigenvalue weighted by Crippen LogP contribution is 2.55. The number of nitrogens with zero attached hydrogens (tertiary/aromatic N) is 3. The van der Waals surface area contributed by atoms with Crippen LogP contribution in [0.4, 0.5) is 5.82 Å². The van der Waals surface area contributed by atoms with Crippen LogP contribution in [0.25, 0.3) is 5.69 Å². The van der Waals surface area contributed by atoms with Crippen molar-refractivity contribution in [3.63, 3.8) is 0 Å². The third-order valence-corrected chi connectivity index (χ3v) is 8.10. The standard InChI is InChI=1S/C25H32N4O2/c30-21-7-4-8-28(16-21)24-22(15-26-29(24)20-5-2-1-3-6-20)23(31)27-25-12-17-9-18(13-25)11-19(10-17)14-25/h1-3,5-6,15,17-19,21,30H,4,7-14,16H2,(H,27,31). The van der Waals surface area contributed by atoms with Gasteiger partial charge in [0.2, 0.25) is 0 Å². The summed E-state index contributed by atoms with van der Waals surface area (Å²) in [5.74, 6) is 3.17. The molecule has 5 aliphatic rings. The fraction of sp³-hybridized carbons (Fsp3) is 0.600. The van der Waals surface area contributed by atoms with Crippen LogP contribution in [-0.2, 0) is 0 Å². The van der Waals surface area contributed by atoms with Gasteiger partial charge < -0.3 is 15.3 Å². The smallest absolute Gasteiger partial charge is 0.257 e. The lowest BCUT2D eigenvalue weighted by atomic mass is 9.53. The molecule has 31 heavy (non-hydrogen) atoms. The van der Waals surface area contributed by atoms with Crippen molar-refractivity contribution in [1.29, 1.82) is 0 Å². The molecule has 2 N–H and O–H groups in total. The molecule has 6 nitrogen and oxygen atoms in total. The lowest BCUT2D eigenvalue weighted by Gasteiger charge is -2.56. The average Bonchev–Trinajstić information content (AvgIpc) is 3.18. The maximum atomic E-state index is 13.7. The summed E-state index contributed by atoms with van der Waals surface area (Å²) in [4.78, 5) is 15.8. The van der Waals surface area contributed by atoms with Crippen LogP contribution in [0.2, 0.25) is 0 Å². The molecular formula is C25H32N4O2. The second kappa shape index (κ2) is 7.37. The molecule has 6 heteroatoms. The first-order chi connectivity index (χ1) is 15.1. The van der Waals surface area contributed by atoms with Gasteiger partial charge in [0, 0.05) is 18.6 Å². The molecule has 1 saturated heterocycles. The number of amides is 1. The lowest BCUT2D eigenvalue weighted by molar-refractivity contribution is -0.0166. The first-order valence-corrected chi connectivity index (χ1v) is 12.0. The summed E-state index contributed by atoms with van der Waals surface area (Å²) in [7, 11) is 0. The zero-order chi connectivity index (χ0) is 21.0. The summed E-state index contributed by atoms with van der Waals surface area (Å²) in [6.07, 6.45) is 10.6. The lowest BCUT2D eigenvalue weighted by Crippen LogP contribution is -2.59. The summed E-state index contributed by atoms with van der Waals surface area (Å²) in [6.45, 7) is 1.36. The van der Waals surface area contributed by atoms with Gasteiger partial charge in [-0.05, 0) is 81.3 Å². The molecule has 1 aromatic heterocycles. The van der Waals surface area contributed by atoms with Gasteiger partial charge in [-0.25, -0.2) is 4.68 Å². The van der Waals surface area contributed by atoms with E-state index in [1.54, 1.807) is 6.20 Å². The molecule has 4 bridgehead atoms. The van der Waals surface area contributed by atoms with Crippen LogP contribution in [-0.4, -0.2) is 45.5 Å². The molecule has 2 heterocycles. The Hall–Kier alpha value is -2.34. The van der Waals surface area contributed by atoms with E-state index in [-0.39, 0.29) is 17.6 Å². The second-order valence-electron chi connectivity index (χ2n) is 10.5. The van der Waals surface area contributed by atoms with Gasteiger partial charge in [0.1, 0.15) is 11.4 Å². The number of benzene rings is 1. The van der Waals surface area contributed by atoms with Crippen LogP contribution in [0.15, 0.2) is 36.5 Å². The number of rotatable bonds is 4. The molecule has 1 atom stereocenters. The van der Waals surface area contributed by atoms with E-state index in [0.29, 0.717) is 12.1 Å². The van der Waals surface area contributed by atoms with Gasteiger partial charge in [0.05, 0.1) is 18.0 Å². The highest BCUT2D eigenvalue weighted by Gasteiger charge is 2.51. The maximum Gasteiger partial charge on any atom is 0.257 e. The van der Waals surface area contributed by atoms with Crippen LogP contribution in [0.1, 0.15) is 61.7 Å². The normalized spacial score (nSPS) is 34.2. The predicted octanol–water partition coefficient (Wildman–Crippen LogP) is 3.53. The fourth-order valence-corrected chi connectivity index (χ4v) is 7.28. The Balaban J connectivity index is 1.34. The summed E-state index contributed by atoms with van der Waals surface area (Å²) in [5, 5.41) is 18.5. The van der Waals surface area contributed by atoms with Crippen molar-refractivity contribution in [2.75, 3.05) is 18.0 Å². The van der Waals surface area contributed by atoms with E-state index in [0.717, 1.165) is 67.9 Å². The van der Waals surface area contributed by atoms with Crippen LogP contribution < -0.4 is 10.2 Å². The Morgan fingerprint density at radius 3 is 2.39 bits per heavy atom. The third kappa shape index (κ3) is 3.45. The molecule has 0 spiro atoms. The molecule has 1 aromatic carbocycles. The SMILES string of the molecule is O=C(NC12CC3CC(CC(C3)C1)C2)c1cnn(-c2ccccc2)c1N1CCCC(O)C1. The minimum absolute atomic E-state index is 0.000746. The van der Waals surface area contributed by atoms with Crippen molar-refractivity contribution in [2.45, 2.75) is 63.0 Å². The van der Waals surface area contributed by atoms with Gasteiger partial charge in [-0.3, -0.25) is 4.79 Å². The second-order valence-corrected chi connectivity index (χ2v) is 10.5. The van der Waals surface area contributed by atoms with Gasteiger partial charge in [-0.2, -0.15) is 5.10 Å². The Morgan fingerprint density at radius 1 is 1.06 bits per heavy atom. The number of hydrogen-bond acceptors (Lipinski definition) is 4. The summed E-state index contributed by atoms with van der Waals surface area (Å²) in [5.41, 5.74) is 1.54. The Bertz CT molecular complexity index is 934. The van der Waals surface area contributed by atoms with E-state index in [1.165, 1.54) is 19.3 Å². The number of piperidine rings is 1. The van der Waals surface area contributed by atoms with Gasteiger partial charge in [-0.15, -0.1) is 0 Å². The van der Waals surface area contributed by atoms with Crippen molar-refractivity contribution >= 4 is 11.7 Å². The first-order valence-electron chi connectivity index (χ1n) is 12.0. The average molecular weight is 421 g/mol. The van der Waals surface area contributed by atoms with Crippen LogP contribution in [0.5, 0.6) is 0 Å². The van der Waals surface area contributed by atoms with Gasteiger partial charge in [0.15, 0.2) is 0 Å². The maximum absolute atomic E-state index is 13.7. The zero-order valence-corrected chi connectivity index (χ0v) is 18.0. The molecule has 1 unspecified atom stereocenters. The number of β-amino-alcohol motifs (C(OH)–C–C–N with tert-alkyl or cyclic N) is 1.